The van der Waals surface area contributed by atoms with Crippen molar-refractivity contribution in [1.82, 2.24) is 14.5 Å². The van der Waals surface area contributed by atoms with Gasteiger partial charge in [-0.25, -0.2) is 4.98 Å². The van der Waals surface area contributed by atoms with E-state index in [1.165, 1.54) is 0 Å². The Hall–Kier alpha value is -2.83. The van der Waals surface area contributed by atoms with Crippen LogP contribution in [-0.4, -0.2) is 46.5 Å². The summed E-state index contributed by atoms with van der Waals surface area (Å²) in [5.41, 5.74) is 0.620. The minimum Gasteiger partial charge on any atom is -0.490 e. The van der Waals surface area contributed by atoms with Gasteiger partial charge in [0.25, 0.3) is 0 Å². The van der Waals surface area contributed by atoms with Gasteiger partial charge >= 0.3 is 0 Å². The van der Waals surface area contributed by atoms with Crippen LogP contribution in [0.1, 0.15) is 6.42 Å². The monoisotopic (exact) mass is 328 g/mol. The van der Waals surface area contributed by atoms with Gasteiger partial charge in [-0.15, -0.1) is 0 Å². The normalized spacial score (nSPS) is 17.1. The highest BCUT2D eigenvalue weighted by molar-refractivity contribution is 5.98. The van der Waals surface area contributed by atoms with Crippen LogP contribution < -0.4 is 10.1 Å². The van der Waals surface area contributed by atoms with Crippen LogP contribution in [0.3, 0.4) is 0 Å². The van der Waals surface area contributed by atoms with Crippen molar-refractivity contribution in [2.75, 3.05) is 25.5 Å². The average Bonchev–Trinajstić information content (AvgIpc) is 3.20. The Morgan fingerprint density at radius 1 is 1.42 bits per heavy atom. The maximum atomic E-state index is 12.4. The van der Waals surface area contributed by atoms with Crippen molar-refractivity contribution >= 4 is 17.5 Å². The molecule has 126 valence electrons. The van der Waals surface area contributed by atoms with Crippen LogP contribution in [-0.2, 0) is 16.1 Å². The molecule has 7 nitrogen and oxygen atoms in total. The van der Waals surface area contributed by atoms with Crippen LogP contribution in [0, 0.1) is 5.92 Å². The third-order valence-electron chi connectivity index (χ3n) is 4.02. The number of nitrogens with one attached hydrogen (secondary N) is 1. The third-order valence-corrected chi connectivity index (χ3v) is 4.02. The van der Waals surface area contributed by atoms with Crippen LogP contribution in [0.5, 0.6) is 5.75 Å². The Labute approximate surface area is 140 Å². The number of hydrogen-bond acceptors (Lipinski definition) is 4. The topological polar surface area (TPSA) is 76.5 Å². The molecule has 0 aliphatic carbocycles. The molecule has 1 fully saturated rings. The minimum atomic E-state index is -0.318. The standard InChI is InChI=1S/C17H20N4O3/c1-20-11-13(10-16(20)22)17(23)19-14-4-2-3-5-15(14)24-9-8-21-7-6-18-12-21/h2-7,12-13H,8-11H2,1H3,(H,19,23). The van der Waals surface area contributed by atoms with Crippen molar-refractivity contribution in [1.29, 1.82) is 0 Å². The Balaban J connectivity index is 1.59. The van der Waals surface area contributed by atoms with E-state index in [0.717, 1.165) is 0 Å². The highest BCUT2D eigenvalue weighted by Gasteiger charge is 2.32. The number of aromatic nitrogens is 2. The van der Waals surface area contributed by atoms with Gasteiger partial charge in [0.1, 0.15) is 12.4 Å². The van der Waals surface area contributed by atoms with Gasteiger partial charge in [0.2, 0.25) is 11.8 Å². The third kappa shape index (κ3) is 3.73. The van der Waals surface area contributed by atoms with Crippen LogP contribution in [0.2, 0.25) is 0 Å². The number of carbonyl (C=O) groups is 2. The molecule has 1 aliphatic heterocycles. The maximum absolute atomic E-state index is 12.4. The molecule has 1 unspecified atom stereocenters. The highest BCUT2D eigenvalue weighted by Crippen LogP contribution is 2.26. The number of likely N-dealkylation sites (tertiary alicyclic amines) is 1. The highest BCUT2D eigenvalue weighted by atomic mass is 16.5. The van der Waals surface area contributed by atoms with E-state index in [9.17, 15) is 9.59 Å². The Bertz CT molecular complexity index is 714. The second-order valence-corrected chi connectivity index (χ2v) is 5.81. The lowest BCUT2D eigenvalue weighted by molar-refractivity contribution is -0.127. The molecule has 7 heteroatoms. The molecule has 0 bridgehead atoms. The smallest absolute Gasteiger partial charge is 0.229 e. The van der Waals surface area contributed by atoms with Gasteiger partial charge in [0.15, 0.2) is 0 Å². The van der Waals surface area contributed by atoms with Gasteiger partial charge in [-0.3, -0.25) is 9.59 Å². The molecule has 0 saturated carbocycles. The van der Waals surface area contributed by atoms with Gasteiger partial charge in [0, 0.05) is 32.4 Å². The summed E-state index contributed by atoms with van der Waals surface area (Å²) >= 11 is 0. The Morgan fingerprint density at radius 2 is 2.25 bits per heavy atom. The second kappa shape index (κ2) is 7.16. The van der Waals surface area contributed by atoms with Gasteiger partial charge in [-0.1, -0.05) is 12.1 Å². The lowest BCUT2D eigenvalue weighted by Crippen LogP contribution is -2.26. The zero-order valence-corrected chi connectivity index (χ0v) is 13.5. The fraction of sp³-hybridized carbons (Fsp3) is 0.353. The molecule has 1 atom stereocenters. The maximum Gasteiger partial charge on any atom is 0.229 e. The van der Waals surface area contributed by atoms with E-state index in [1.807, 2.05) is 29.0 Å². The van der Waals surface area contributed by atoms with Crippen molar-refractivity contribution in [3.8, 4) is 5.75 Å². The lowest BCUT2D eigenvalue weighted by atomic mass is 10.1. The predicted molar refractivity (Wildman–Crippen MR) is 88.5 cm³/mol. The van der Waals surface area contributed by atoms with E-state index in [4.69, 9.17) is 4.74 Å². The fourth-order valence-electron chi connectivity index (χ4n) is 2.65. The molecule has 0 spiro atoms. The van der Waals surface area contributed by atoms with Crippen molar-refractivity contribution in [3.05, 3.63) is 43.0 Å². The first kappa shape index (κ1) is 16.0. The first-order valence-corrected chi connectivity index (χ1v) is 7.86. The Kier molecular flexibility index (Phi) is 4.79. The molecule has 1 aromatic carbocycles. The number of carbonyl (C=O) groups excluding carboxylic acids is 2. The van der Waals surface area contributed by atoms with Crippen molar-refractivity contribution in [2.45, 2.75) is 13.0 Å². The van der Waals surface area contributed by atoms with Crippen molar-refractivity contribution < 1.29 is 14.3 Å². The fourth-order valence-corrected chi connectivity index (χ4v) is 2.65. The van der Waals surface area contributed by atoms with Gasteiger partial charge < -0.3 is 19.5 Å². The number of hydrogen-bond donors (Lipinski definition) is 1. The van der Waals surface area contributed by atoms with Crippen molar-refractivity contribution in [2.24, 2.45) is 5.92 Å². The first-order chi connectivity index (χ1) is 11.6. The quantitative estimate of drug-likeness (QED) is 0.869. The average molecular weight is 328 g/mol. The molecular formula is C17H20N4O3. The zero-order chi connectivity index (χ0) is 16.9. The summed E-state index contributed by atoms with van der Waals surface area (Å²) in [5, 5.41) is 2.88. The van der Waals surface area contributed by atoms with E-state index in [0.29, 0.717) is 31.1 Å². The molecular weight excluding hydrogens is 308 g/mol. The van der Waals surface area contributed by atoms with Crippen molar-refractivity contribution in [3.63, 3.8) is 0 Å². The summed E-state index contributed by atoms with van der Waals surface area (Å²) in [7, 11) is 1.71. The van der Waals surface area contributed by atoms with E-state index >= 15 is 0 Å². The number of nitrogens with zero attached hydrogens (tertiary/aromatic N) is 3. The molecule has 1 saturated heterocycles. The SMILES string of the molecule is CN1CC(C(=O)Nc2ccccc2OCCn2ccnc2)CC1=O. The summed E-state index contributed by atoms with van der Waals surface area (Å²) in [4.78, 5) is 29.5. The summed E-state index contributed by atoms with van der Waals surface area (Å²) in [6, 6.07) is 7.31. The van der Waals surface area contributed by atoms with Gasteiger partial charge in [-0.05, 0) is 12.1 Å². The number of imidazole rings is 1. The van der Waals surface area contributed by atoms with E-state index in [1.54, 1.807) is 30.5 Å². The second-order valence-electron chi connectivity index (χ2n) is 5.81. The Morgan fingerprint density at radius 3 is 2.96 bits per heavy atom. The summed E-state index contributed by atoms with van der Waals surface area (Å²) < 4.78 is 7.69. The van der Waals surface area contributed by atoms with Crippen LogP contribution >= 0.6 is 0 Å². The number of rotatable bonds is 6. The largest absolute Gasteiger partial charge is 0.490 e. The van der Waals surface area contributed by atoms with Crippen LogP contribution in [0.4, 0.5) is 5.69 Å². The molecule has 2 heterocycles. The molecule has 1 N–H and O–H groups in total. The first-order valence-electron chi connectivity index (χ1n) is 7.86. The zero-order valence-electron chi connectivity index (χ0n) is 13.5. The number of amides is 2. The number of benzene rings is 1. The summed E-state index contributed by atoms with van der Waals surface area (Å²) in [6.45, 7) is 1.59. The molecule has 0 radical (unpaired) electrons. The molecule has 1 aromatic heterocycles. The number of para-hydroxylation sites is 2. The van der Waals surface area contributed by atoms with Crippen LogP contribution in [0.15, 0.2) is 43.0 Å². The minimum absolute atomic E-state index is 0.0000160. The predicted octanol–water partition coefficient (Wildman–Crippen LogP) is 1.38. The summed E-state index contributed by atoms with van der Waals surface area (Å²) in [6.07, 6.45) is 5.56. The lowest BCUT2D eigenvalue weighted by Gasteiger charge is -2.15. The number of anilines is 1. The molecule has 3 rings (SSSR count). The van der Waals surface area contributed by atoms with Crippen LogP contribution in [0.25, 0.3) is 0 Å². The summed E-state index contributed by atoms with van der Waals surface area (Å²) in [5.74, 6) is 0.142. The van der Waals surface area contributed by atoms with Gasteiger partial charge in [0.05, 0.1) is 24.5 Å². The molecule has 24 heavy (non-hydrogen) atoms. The molecule has 2 amide bonds. The molecule has 2 aromatic rings. The van der Waals surface area contributed by atoms with E-state index in [-0.39, 0.29) is 24.2 Å². The molecule has 1 aliphatic rings. The van der Waals surface area contributed by atoms with Gasteiger partial charge in [-0.2, -0.15) is 0 Å². The van der Waals surface area contributed by atoms with E-state index in [2.05, 4.69) is 10.3 Å². The van der Waals surface area contributed by atoms with E-state index < -0.39 is 0 Å². The number of ether oxygens (including phenoxy) is 1.